The molecule has 0 aliphatic rings. The maximum absolute atomic E-state index is 12.4. The SMILES string of the molecule is CN(C(=O)SC[S+]([O-])c1ccccc1)c1cn(-c2cccnc2)nc1Cl. The molecule has 0 spiro atoms. The van der Waals surface area contributed by atoms with E-state index in [4.69, 9.17) is 11.6 Å². The normalized spacial score (nSPS) is 12.0. The molecule has 0 aliphatic heterocycles. The molecular weight excluding hydrogens is 392 g/mol. The standard InChI is InChI=1S/C17H15ClN4O2S2/c1-21(17(23)25-12-26(24)14-7-3-2-4-8-14)15-11-22(20-16(15)18)13-6-5-9-19-10-13/h2-11H,12H2,1H3. The highest BCUT2D eigenvalue weighted by Gasteiger charge is 2.21. The number of thioether (sulfide) groups is 1. The average molecular weight is 407 g/mol. The molecular formula is C17H15ClN4O2S2. The van der Waals surface area contributed by atoms with Crippen molar-refractivity contribution in [1.29, 1.82) is 0 Å². The largest absolute Gasteiger partial charge is 0.611 e. The Bertz CT molecular complexity index is 877. The van der Waals surface area contributed by atoms with Gasteiger partial charge < -0.3 is 9.45 Å². The van der Waals surface area contributed by atoms with Crippen LogP contribution >= 0.6 is 23.4 Å². The number of benzene rings is 1. The van der Waals surface area contributed by atoms with E-state index in [1.165, 1.54) is 4.90 Å². The molecule has 0 saturated heterocycles. The highest BCUT2D eigenvalue weighted by atomic mass is 35.5. The maximum atomic E-state index is 12.4. The summed E-state index contributed by atoms with van der Waals surface area (Å²) in [6.07, 6.45) is 4.97. The lowest BCUT2D eigenvalue weighted by Crippen LogP contribution is -2.23. The summed E-state index contributed by atoms with van der Waals surface area (Å²) in [4.78, 5) is 18.5. The molecule has 1 unspecified atom stereocenters. The number of hydrogen-bond acceptors (Lipinski definition) is 5. The van der Waals surface area contributed by atoms with E-state index in [9.17, 15) is 9.35 Å². The second-order valence-electron chi connectivity index (χ2n) is 5.21. The third-order valence-corrected chi connectivity index (χ3v) is 6.41. The minimum absolute atomic E-state index is 0.168. The zero-order chi connectivity index (χ0) is 18.5. The first kappa shape index (κ1) is 18.8. The lowest BCUT2D eigenvalue weighted by Gasteiger charge is -2.15. The van der Waals surface area contributed by atoms with Gasteiger partial charge in [0.05, 0.1) is 18.1 Å². The Balaban J connectivity index is 1.66. The Morgan fingerprint density at radius 1 is 1.31 bits per heavy atom. The van der Waals surface area contributed by atoms with Crippen LogP contribution in [-0.4, -0.2) is 36.7 Å². The summed E-state index contributed by atoms with van der Waals surface area (Å²) in [6.45, 7) is 0. The molecule has 0 aliphatic carbocycles. The first-order valence-electron chi connectivity index (χ1n) is 7.55. The number of nitrogens with zero attached hydrogens (tertiary/aromatic N) is 4. The Morgan fingerprint density at radius 3 is 2.77 bits per heavy atom. The van der Waals surface area contributed by atoms with Crippen LogP contribution in [0.2, 0.25) is 5.15 Å². The van der Waals surface area contributed by atoms with Gasteiger partial charge in [0.2, 0.25) is 0 Å². The minimum Gasteiger partial charge on any atom is -0.611 e. The Kier molecular flexibility index (Phi) is 6.20. The molecule has 6 nitrogen and oxygen atoms in total. The van der Waals surface area contributed by atoms with Crippen LogP contribution in [0.15, 0.2) is 66.0 Å². The first-order valence-corrected chi connectivity index (χ1v) is 10.2. The predicted octanol–water partition coefficient (Wildman–Crippen LogP) is 3.98. The summed E-state index contributed by atoms with van der Waals surface area (Å²) in [6, 6.07) is 12.7. The molecule has 3 aromatic rings. The van der Waals surface area contributed by atoms with Gasteiger partial charge in [0.25, 0.3) is 5.24 Å². The van der Waals surface area contributed by atoms with Crippen LogP contribution in [0.4, 0.5) is 10.5 Å². The van der Waals surface area contributed by atoms with Crippen molar-refractivity contribution in [2.24, 2.45) is 0 Å². The summed E-state index contributed by atoms with van der Waals surface area (Å²) < 4.78 is 13.8. The second kappa shape index (κ2) is 8.59. The molecule has 1 amide bonds. The fourth-order valence-corrected chi connectivity index (χ4v) is 4.52. The molecule has 3 rings (SSSR count). The molecule has 26 heavy (non-hydrogen) atoms. The quantitative estimate of drug-likeness (QED) is 0.599. The average Bonchev–Trinajstić information content (AvgIpc) is 3.08. The van der Waals surface area contributed by atoms with Crippen molar-refractivity contribution in [3.8, 4) is 5.69 Å². The first-order chi connectivity index (χ1) is 12.6. The van der Waals surface area contributed by atoms with Gasteiger partial charge in [-0.05, 0) is 47.2 Å². The van der Waals surface area contributed by atoms with E-state index in [-0.39, 0.29) is 15.5 Å². The van der Waals surface area contributed by atoms with E-state index in [0.717, 1.165) is 17.4 Å². The van der Waals surface area contributed by atoms with Crippen LogP contribution in [0.3, 0.4) is 0 Å². The van der Waals surface area contributed by atoms with E-state index >= 15 is 0 Å². The molecule has 0 N–H and O–H groups in total. The fourth-order valence-electron chi connectivity index (χ4n) is 2.13. The van der Waals surface area contributed by atoms with Crippen LogP contribution in [-0.2, 0) is 11.2 Å². The Morgan fingerprint density at radius 2 is 2.08 bits per heavy atom. The summed E-state index contributed by atoms with van der Waals surface area (Å²) >= 11 is 5.90. The van der Waals surface area contributed by atoms with Crippen molar-refractivity contribution < 1.29 is 9.35 Å². The lowest BCUT2D eigenvalue weighted by atomic mass is 10.4. The lowest BCUT2D eigenvalue weighted by molar-refractivity contribution is 0.266. The minimum atomic E-state index is -1.25. The van der Waals surface area contributed by atoms with Gasteiger partial charge in [-0.3, -0.25) is 9.78 Å². The van der Waals surface area contributed by atoms with Crippen molar-refractivity contribution in [2.75, 3.05) is 17.0 Å². The van der Waals surface area contributed by atoms with Crippen LogP contribution in [0, 0.1) is 0 Å². The maximum Gasteiger partial charge on any atom is 0.290 e. The number of rotatable bonds is 5. The number of anilines is 1. The van der Waals surface area contributed by atoms with Crippen molar-refractivity contribution in [3.05, 3.63) is 66.2 Å². The summed E-state index contributed by atoms with van der Waals surface area (Å²) in [5, 5.41) is 4.32. The molecule has 0 radical (unpaired) electrons. The highest BCUT2D eigenvalue weighted by molar-refractivity contribution is 8.21. The number of carbonyl (C=O) groups is 1. The van der Waals surface area contributed by atoms with Gasteiger partial charge in [-0.1, -0.05) is 29.8 Å². The van der Waals surface area contributed by atoms with Crippen molar-refractivity contribution in [2.45, 2.75) is 4.90 Å². The third-order valence-electron chi connectivity index (χ3n) is 3.49. The second-order valence-corrected chi connectivity index (χ2v) is 8.31. The van der Waals surface area contributed by atoms with Gasteiger partial charge in [-0.15, -0.1) is 0 Å². The van der Waals surface area contributed by atoms with Gasteiger partial charge >= 0.3 is 0 Å². The molecule has 134 valence electrons. The van der Waals surface area contributed by atoms with E-state index in [1.807, 2.05) is 24.3 Å². The van der Waals surface area contributed by atoms with E-state index in [2.05, 4.69) is 10.1 Å². The molecule has 9 heteroatoms. The van der Waals surface area contributed by atoms with Gasteiger partial charge in [0.1, 0.15) is 5.69 Å². The smallest absolute Gasteiger partial charge is 0.290 e. The zero-order valence-electron chi connectivity index (χ0n) is 13.8. The zero-order valence-corrected chi connectivity index (χ0v) is 16.2. The predicted molar refractivity (Wildman–Crippen MR) is 105 cm³/mol. The molecule has 2 aromatic heterocycles. The van der Waals surface area contributed by atoms with E-state index in [1.54, 1.807) is 48.5 Å². The fraction of sp³-hybridized carbons (Fsp3) is 0.118. The van der Waals surface area contributed by atoms with Crippen molar-refractivity contribution in [1.82, 2.24) is 14.8 Å². The van der Waals surface area contributed by atoms with Crippen LogP contribution in [0.1, 0.15) is 0 Å². The molecule has 1 atom stereocenters. The monoisotopic (exact) mass is 406 g/mol. The molecule has 0 fully saturated rings. The summed E-state index contributed by atoms with van der Waals surface area (Å²) in [5.74, 6) is 0. The third kappa shape index (κ3) is 4.39. The molecule has 1 aromatic carbocycles. The molecule has 0 saturated carbocycles. The number of amides is 1. The van der Waals surface area contributed by atoms with Crippen molar-refractivity contribution >= 4 is 45.5 Å². The molecule has 2 heterocycles. The number of hydrogen-bond donors (Lipinski definition) is 0. The van der Waals surface area contributed by atoms with E-state index in [0.29, 0.717) is 10.6 Å². The number of carbonyl (C=O) groups excluding carboxylic acids is 1. The number of pyridine rings is 1. The van der Waals surface area contributed by atoms with Gasteiger partial charge in [-0.25, -0.2) is 4.68 Å². The Hall–Kier alpha value is -2.00. The number of halogens is 1. The van der Waals surface area contributed by atoms with Crippen LogP contribution < -0.4 is 4.90 Å². The summed E-state index contributed by atoms with van der Waals surface area (Å²) in [7, 11) is 1.61. The van der Waals surface area contributed by atoms with Gasteiger partial charge in [0.15, 0.2) is 15.1 Å². The van der Waals surface area contributed by atoms with Crippen LogP contribution in [0.5, 0.6) is 0 Å². The van der Waals surface area contributed by atoms with Gasteiger partial charge in [0, 0.05) is 13.2 Å². The topological polar surface area (TPSA) is 74.1 Å². The Labute approximate surface area is 163 Å². The van der Waals surface area contributed by atoms with Crippen LogP contribution in [0.25, 0.3) is 5.69 Å². The van der Waals surface area contributed by atoms with Crippen molar-refractivity contribution in [3.63, 3.8) is 0 Å². The molecule has 0 bridgehead atoms. The number of aromatic nitrogens is 3. The highest BCUT2D eigenvalue weighted by Crippen LogP contribution is 2.28. The summed E-state index contributed by atoms with van der Waals surface area (Å²) in [5.41, 5.74) is 1.21. The van der Waals surface area contributed by atoms with Gasteiger partial charge in [-0.2, -0.15) is 5.10 Å². The van der Waals surface area contributed by atoms with E-state index < -0.39 is 11.2 Å².